The summed E-state index contributed by atoms with van der Waals surface area (Å²) in [5.74, 6) is -0.851. The molecule has 8 heteroatoms. The van der Waals surface area contributed by atoms with E-state index >= 15 is 0 Å². The van der Waals surface area contributed by atoms with Gasteiger partial charge in [0, 0.05) is 24.3 Å². The summed E-state index contributed by atoms with van der Waals surface area (Å²) in [6.07, 6.45) is -0.476. The Kier molecular flexibility index (Phi) is 7.92. The maximum absolute atomic E-state index is 12.9. The molecule has 1 heterocycles. The molecule has 1 saturated heterocycles. The van der Waals surface area contributed by atoms with Crippen LogP contribution in [0.1, 0.15) is 28.9 Å². The van der Waals surface area contributed by atoms with Gasteiger partial charge in [-0.3, -0.25) is 9.59 Å². The third kappa shape index (κ3) is 5.76. The normalized spacial score (nSPS) is 17.1. The van der Waals surface area contributed by atoms with Crippen LogP contribution in [-0.4, -0.2) is 37.6 Å². The molecule has 150 valence electrons. The standard InChI is InChI=1S/C20H22FN3O3.ClH/c1-13(23-20(26)18-12-22-10-11-27-18)14-4-8-17(9-5-14)24-19(25)15-2-6-16(21)7-3-15;/h2-9,13,18,22H,10-12H2,1H3,(H,23,26)(H,24,25);1H. The van der Waals surface area contributed by atoms with Crippen LogP contribution >= 0.6 is 12.4 Å². The van der Waals surface area contributed by atoms with E-state index in [0.717, 1.165) is 12.1 Å². The van der Waals surface area contributed by atoms with E-state index < -0.39 is 6.10 Å². The highest BCUT2D eigenvalue weighted by Gasteiger charge is 2.23. The second kappa shape index (κ2) is 10.2. The third-order valence-corrected chi connectivity index (χ3v) is 4.35. The van der Waals surface area contributed by atoms with E-state index in [9.17, 15) is 14.0 Å². The molecule has 0 saturated carbocycles. The number of amides is 2. The molecule has 2 atom stereocenters. The van der Waals surface area contributed by atoms with E-state index in [1.165, 1.54) is 24.3 Å². The zero-order chi connectivity index (χ0) is 19.2. The summed E-state index contributed by atoms with van der Waals surface area (Å²) in [5.41, 5.74) is 1.90. The van der Waals surface area contributed by atoms with Gasteiger partial charge in [0.25, 0.3) is 11.8 Å². The Morgan fingerprint density at radius 3 is 2.43 bits per heavy atom. The lowest BCUT2D eigenvalue weighted by molar-refractivity contribution is -0.134. The number of hydrogen-bond acceptors (Lipinski definition) is 4. The van der Waals surface area contributed by atoms with Crippen LogP contribution in [-0.2, 0) is 9.53 Å². The number of nitrogens with one attached hydrogen (secondary N) is 3. The van der Waals surface area contributed by atoms with Crippen LogP contribution in [0.5, 0.6) is 0 Å². The highest BCUT2D eigenvalue weighted by Crippen LogP contribution is 2.17. The second-order valence-electron chi connectivity index (χ2n) is 6.38. The number of anilines is 1. The van der Waals surface area contributed by atoms with Crippen LogP contribution in [0.25, 0.3) is 0 Å². The van der Waals surface area contributed by atoms with E-state index in [4.69, 9.17) is 4.74 Å². The molecule has 6 nitrogen and oxygen atoms in total. The van der Waals surface area contributed by atoms with Crippen LogP contribution in [0.4, 0.5) is 10.1 Å². The number of rotatable bonds is 5. The lowest BCUT2D eigenvalue weighted by Crippen LogP contribution is -2.48. The Balaban J connectivity index is 0.00000280. The maximum atomic E-state index is 12.9. The van der Waals surface area contributed by atoms with Crippen LogP contribution < -0.4 is 16.0 Å². The lowest BCUT2D eigenvalue weighted by atomic mass is 10.1. The molecule has 2 aromatic carbocycles. The Hall–Kier alpha value is -2.48. The first kappa shape index (κ1) is 21.8. The fraction of sp³-hybridized carbons (Fsp3) is 0.300. The maximum Gasteiger partial charge on any atom is 0.255 e. The average molecular weight is 408 g/mol. The van der Waals surface area contributed by atoms with Crippen molar-refractivity contribution in [3.63, 3.8) is 0 Å². The van der Waals surface area contributed by atoms with E-state index in [1.54, 1.807) is 12.1 Å². The molecule has 28 heavy (non-hydrogen) atoms. The van der Waals surface area contributed by atoms with E-state index in [-0.39, 0.29) is 36.1 Å². The zero-order valence-corrected chi connectivity index (χ0v) is 16.2. The Bertz CT molecular complexity index is 793. The van der Waals surface area contributed by atoms with Crippen molar-refractivity contribution in [1.29, 1.82) is 0 Å². The average Bonchev–Trinajstić information content (AvgIpc) is 2.69. The monoisotopic (exact) mass is 407 g/mol. The van der Waals surface area contributed by atoms with E-state index in [0.29, 0.717) is 24.4 Å². The van der Waals surface area contributed by atoms with Crippen molar-refractivity contribution in [1.82, 2.24) is 10.6 Å². The van der Waals surface area contributed by atoms with Gasteiger partial charge in [-0.15, -0.1) is 12.4 Å². The Labute approximate surface area is 169 Å². The van der Waals surface area contributed by atoms with E-state index in [1.807, 2.05) is 19.1 Å². The van der Waals surface area contributed by atoms with Gasteiger partial charge in [0.15, 0.2) is 0 Å². The molecule has 0 spiro atoms. The van der Waals surface area contributed by atoms with Gasteiger partial charge in [0.05, 0.1) is 12.6 Å². The van der Waals surface area contributed by atoms with Crippen molar-refractivity contribution in [3.05, 3.63) is 65.5 Å². The number of halogens is 2. The predicted octanol–water partition coefficient (Wildman–Crippen LogP) is 2.67. The molecular weight excluding hydrogens is 385 g/mol. The summed E-state index contributed by atoms with van der Waals surface area (Å²) in [4.78, 5) is 24.4. The van der Waals surface area contributed by atoms with Crippen LogP contribution in [0.15, 0.2) is 48.5 Å². The summed E-state index contributed by atoms with van der Waals surface area (Å²) in [6, 6.07) is 12.4. The Morgan fingerprint density at radius 1 is 1.14 bits per heavy atom. The van der Waals surface area contributed by atoms with Crippen molar-refractivity contribution in [2.24, 2.45) is 0 Å². The molecule has 1 fully saturated rings. The number of carbonyl (C=O) groups excluding carboxylic acids is 2. The van der Waals surface area contributed by atoms with E-state index in [2.05, 4.69) is 16.0 Å². The molecule has 0 aromatic heterocycles. The molecule has 0 aliphatic carbocycles. The van der Waals surface area contributed by atoms with Crippen LogP contribution in [0.3, 0.4) is 0 Å². The van der Waals surface area contributed by atoms with Gasteiger partial charge >= 0.3 is 0 Å². The zero-order valence-electron chi connectivity index (χ0n) is 15.4. The molecule has 2 unspecified atom stereocenters. The number of morpholine rings is 1. The topological polar surface area (TPSA) is 79.5 Å². The van der Waals surface area contributed by atoms with Gasteiger partial charge in [-0.2, -0.15) is 0 Å². The number of carbonyl (C=O) groups is 2. The fourth-order valence-electron chi connectivity index (χ4n) is 2.78. The molecule has 1 aliphatic heterocycles. The van der Waals surface area contributed by atoms with Crippen molar-refractivity contribution < 1.29 is 18.7 Å². The fourth-order valence-corrected chi connectivity index (χ4v) is 2.78. The number of ether oxygens (including phenoxy) is 1. The van der Waals surface area contributed by atoms with Crippen molar-refractivity contribution >= 4 is 29.9 Å². The van der Waals surface area contributed by atoms with Gasteiger partial charge in [0.2, 0.25) is 0 Å². The SMILES string of the molecule is CC(NC(=O)C1CNCCO1)c1ccc(NC(=O)c2ccc(F)cc2)cc1.Cl. The highest BCUT2D eigenvalue weighted by atomic mass is 35.5. The van der Waals surface area contributed by atoms with Gasteiger partial charge in [-0.05, 0) is 48.9 Å². The van der Waals surface area contributed by atoms with Gasteiger partial charge in [0.1, 0.15) is 11.9 Å². The number of hydrogen-bond donors (Lipinski definition) is 3. The highest BCUT2D eigenvalue weighted by molar-refractivity contribution is 6.04. The minimum absolute atomic E-state index is 0. The Morgan fingerprint density at radius 2 is 1.82 bits per heavy atom. The molecule has 0 bridgehead atoms. The lowest BCUT2D eigenvalue weighted by Gasteiger charge is -2.24. The summed E-state index contributed by atoms with van der Waals surface area (Å²) in [5, 5.41) is 8.81. The molecule has 0 radical (unpaired) electrons. The van der Waals surface area contributed by atoms with Crippen LogP contribution in [0, 0.1) is 5.82 Å². The van der Waals surface area contributed by atoms with Gasteiger partial charge in [-0.1, -0.05) is 12.1 Å². The molecule has 1 aliphatic rings. The van der Waals surface area contributed by atoms with Crippen molar-refractivity contribution in [2.75, 3.05) is 25.0 Å². The van der Waals surface area contributed by atoms with Crippen molar-refractivity contribution in [3.8, 4) is 0 Å². The second-order valence-corrected chi connectivity index (χ2v) is 6.38. The number of benzene rings is 2. The molecule has 3 rings (SSSR count). The summed E-state index contributed by atoms with van der Waals surface area (Å²) in [6.45, 7) is 3.67. The summed E-state index contributed by atoms with van der Waals surface area (Å²) in [7, 11) is 0. The largest absolute Gasteiger partial charge is 0.366 e. The molecule has 3 N–H and O–H groups in total. The third-order valence-electron chi connectivity index (χ3n) is 4.35. The molecule has 2 aromatic rings. The minimum Gasteiger partial charge on any atom is -0.366 e. The van der Waals surface area contributed by atoms with Crippen LogP contribution in [0.2, 0.25) is 0 Å². The summed E-state index contributed by atoms with van der Waals surface area (Å²) < 4.78 is 18.4. The first-order chi connectivity index (χ1) is 13.0. The summed E-state index contributed by atoms with van der Waals surface area (Å²) >= 11 is 0. The van der Waals surface area contributed by atoms with Crippen molar-refractivity contribution in [2.45, 2.75) is 19.1 Å². The smallest absolute Gasteiger partial charge is 0.255 e. The molecule has 2 amide bonds. The quantitative estimate of drug-likeness (QED) is 0.712. The first-order valence-corrected chi connectivity index (χ1v) is 8.82. The van der Waals surface area contributed by atoms with Gasteiger partial charge in [-0.25, -0.2) is 4.39 Å². The minimum atomic E-state index is -0.476. The molecular formula is C20H23ClFN3O3. The first-order valence-electron chi connectivity index (χ1n) is 8.82. The van der Waals surface area contributed by atoms with Gasteiger partial charge < -0.3 is 20.7 Å². The predicted molar refractivity (Wildman–Crippen MR) is 107 cm³/mol.